The fraction of sp³-hybridized carbons (Fsp3) is 0. The Morgan fingerprint density at radius 1 is 1.89 bits per heavy atom. The maximum absolute atomic E-state index is 10.2. The molecule has 0 unspecified atom stereocenters. The third-order valence-electron chi connectivity index (χ3n) is 0.828. The Morgan fingerprint density at radius 3 is 2.78 bits per heavy atom. The van der Waals surface area contributed by atoms with E-state index in [0.29, 0.717) is 0 Å². The van der Waals surface area contributed by atoms with Crippen molar-refractivity contribution in [3.05, 3.63) is 10.9 Å². The smallest absolute Gasteiger partial charge is 0.340 e. The lowest BCUT2D eigenvalue weighted by atomic mass is 10.3. The van der Waals surface area contributed by atoms with Crippen molar-refractivity contribution in [1.82, 2.24) is 4.37 Å². The standard InChI is InChI=1S/C4H4N2O2S/c5-3-2(4(7)8)1-9-6-3/h1H,(H2,5,6)(H,7,8). The predicted octanol–water partition coefficient (Wildman–Crippen LogP) is 0.424. The number of carboxylic acids is 1. The number of aromatic carboxylic acids is 1. The molecule has 1 rings (SSSR count). The van der Waals surface area contributed by atoms with E-state index in [1.807, 2.05) is 0 Å². The molecule has 0 fully saturated rings. The van der Waals surface area contributed by atoms with Crippen molar-refractivity contribution in [2.75, 3.05) is 5.73 Å². The van der Waals surface area contributed by atoms with Gasteiger partial charge in [0.15, 0.2) is 5.82 Å². The molecule has 0 aromatic carbocycles. The first-order valence-electron chi connectivity index (χ1n) is 2.15. The number of nitrogen functional groups attached to an aromatic ring is 1. The van der Waals surface area contributed by atoms with Crippen LogP contribution in [0.2, 0.25) is 0 Å². The molecule has 9 heavy (non-hydrogen) atoms. The van der Waals surface area contributed by atoms with Gasteiger partial charge in [-0.25, -0.2) is 4.79 Å². The topological polar surface area (TPSA) is 76.2 Å². The lowest BCUT2D eigenvalue weighted by Crippen LogP contribution is -1.98. The monoisotopic (exact) mass is 144 g/mol. The van der Waals surface area contributed by atoms with E-state index in [4.69, 9.17) is 10.8 Å². The van der Waals surface area contributed by atoms with Gasteiger partial charge in [0, 0.05) is 5.38 Å². The van der Waals surface area contributed by atoms with E-state index in [-0.39, 0.29) is 11.4 Å². The summed E-state index contributed by atoms with van der Waals surface area (Å²) in [6, 6.07) is 0. The molecule has 0 spiro atoms. The van der Waals surface area contributed by atoms with Gasteiger partial charge >= 0.3 is 5.97 Å². The summed E-state index contributed by atoms with van der Waals surface area (Å²) >= 11 is 1.04. The van der Waals surface area contributed by atoms with Crippen molar-refractivity contribution in [3.8, 4) is 0 Å². The molecule has 4 nitrogen and oxygen atoms in total. The zero-order chi connectivity index (χ0) is 6.85. The van der Waals surface area contributed by atoms with Gasteiger partial charge in [-0.15, -0.1) is 0 Å². The molecule has 0 saturated carbocycles. The Morgan fingerprint density at radius 2 is 2.56 bits per heavy atom. The van der Waals surface area contributed by atoms with Crippen LogP contribution >= 0.6 is 11.5 Å². The van der Waals surface area contributed by atoms with Crippen molar-refractivity contribution in [3.63, 3.8) is 0 Å². The second kappa shape index (κ2) is 2.02. The van der Waals surface area contributed by atoms with Crippen LogP contribution in [0.25, 0.3) is 0 Å². The number of nitrogens with two attached hydrogens (primary N) is 1. The average molecular weight is 144 g/mol. The van der Waals surface area contributed by atoms with Gasteiger partial charge in [-0.1, -0.05) is 0 Å². The fourth-order valence-electron chi connectivity index (χ4n) is 0.405. The van der Waals surface area contributed by atoms with Gasteiger partial charge in [0.1, 0.15) is 5.56 Å². The maximum atomic E-state index is 10.2. The Hall–Kier alpha value is -1.10. The molecule has 0 saturated heterocycles. The number of carbonyl (C=O) groups is 1. The maximum Gasteiger partial charge on any atom is 0.340 e. The Labute approximate surface area is 55.1 Å². The summed E-state index contributed by atoms with van der Waals surface area (Å²) in [5.41, 5.74) is 5.24. The highest BCUT2D eigenvalue weighted by molar-refractivity contribution is 7.04. The molecular weight excluding hydrogens is 140 g/mol. The molecule has 5 heteroatoms. The van der Waals surface area contributed by atoms with Crippen molar-refractivity contribution < 1.29 is 9.90 Å². The number of nitrogens with zero attached hydrogens (tertiary/aromatic N) is 1. The van der Waals surface area contributed by atoms with Gasteiger partial charge in [-0.2, -0.15) is 4.37 Å². The minimum atomic E-state index is -1.03. The minimum absolute atomic E-state index is 0.0833. The van der Waals surface area contributed by atoms with E-state index in [1.54, 1.807) is 0 Å². The molecule has 0 aliphatic rings. The molecule has 48 valence electrons. The van der Waals surface area contributed by atoms with Crippen LogP contribution in [-0.4, -0.2) is 15.4 Å². The van der Waals surface area contributed by atoms with Gasteiger partial charge < -0.3 is 10.8 Å². The van der Waals surface area contributed by atoms with Crippen LogP contribution in [0.4, 0.5) is 5.82 Å². The lowest BCUT2D eigenvalue weighted by molar-refractivity contribution is 0.0698. The first-order valence-corrected chi connectivity index (χ1v) is 2.98. The zero-order valence-electron chi connectivity index (χ0n) is 4.37. The van der Waals surface area contributed by atoms with Gasteiger partial charge in [0.2, 0.25) is 0 Å². The average Bonchev–Trinajstić information content (AvgIpc) is 2.13. The van der Waals surface area contributed by atoms with Crippen molar-refractivity contribution in [2.24, 2.45) is 0 Å². The highest BCUT2D eigenvalue weighted by atomic mass is 32.1. The summed E-state index contributed by atoms with van der Waals surface area (Å²) in [5, 5.41) is 9.74. The second-order valence-corrected chi connectivity index (χ2v) is 2.05. The third-order valence-corrected chi connectivity index (χ3v) is 1.47. The van der Waals surface area contributed by atoms with Crippen LogP contribution in [-0.2, 0) is 0 Å². The third kappa shape index (κ3) is 0.996. The number of anilines is 1. The zero-order valence-corrected chi connectivity index (χ0v) is 5.18. The molecule has 0 bridgehead atoms. The molecule has 1 aromatic heterocycles. The number of hydrogen-bond donors (Lipinski definition) is 2. The molecule has 3 N–H and O–H groups in total. The quantitative estimate of drug-likeness (QED) is 0.599. The SMILES string of the molecule is Nc1nscc1C(=O)O. The summed E-state index contributed by atoms with van der Waals surface area (Å²) in [5.74, 6) is -0.936. The first kappa shape index (κ1) is 6.03. The van der Waals surface area contributed by atoms with E-state index < -0.39 is 5.97 Å². The van der Waals surface area contributed by atoms with E-state index in [9.17, 15) is 4.79 Å². The van der Waals surface area contributed by atoms with Crippen LogP contribution in [0.3, 0.4) is 0 Å². The molecule has 0 aliphatic heterocycles. The Balaban J connectivity index is 3.08. The lowest BCUT2D eigenvalue weighted by Gasteiger charge is -1.84. The van der Waals surface area contributed by atoms with E-state index in [0.717, 1.165) is 11.5 Å². The number of rotatable bonds is 1. The first-order chi connectivity index (χ1) is 4.22. The van der Waals surface area contributed by atoms with Crippen molar-refractivity contribution in [2.45, 2.75) is 0 Å². The van der Waals surface area contributed by atoms with Crippen molar-refractivity contribution >= 4 is 23.3 Å². The number of hydrogen-bond acceptors (Lipinski definition) is 4. The van der Waals surface area contributed by atoms with Crippen LogP contribution in [0.15, 0.2) is 5.38 Å². The summed E-state index contributed by atoms with van der Waals surface area (Å²) in [4.78, 5) is 10.2. The van der Waals surface area contributed by atoms with Crippen LogP contribution in [0.5, 0.6) is 0 Å². The van der Waals surface area contributed by atoms with Gasteiger partial charge in [-0.05, 0) is 11.5 Å². The Bertz CT molecular complexity index is 232. The van der Waals surface area contributed by atoms with E-state index in [2.05, 4.69) is 4.37 Å². The summed E-state index contributed by atoms with van der Waals surface area (Å²) < 4.78 is 3.58. The summed E-state index contributed by atoms with van der Waals surface area (Å²) in [6.45, 7) is 0. The second-order valence-electron chi connectivity index (χ2n) is 1.42. The van der Waals surface area contributed by atoms with Crippen LogP contribution < -0.4 is 5.73 Å². The normalized spacial score (nSPS) is 9.33. The van der Waals surface area contributed by atoms with Gasteiger partial charge in [0.25, 0.3) is 0 Å². The summed E-state index contributed by atoms with van der Waals surface area (Å²) in [7, 11) is 0. The molecular formula is C4H4N2O2S. The molecule has 1 aromatic rings. The van der Waals surface area contributed by atoms with E-state index >= 15 is 0 Å². The van der Waals surface area contributed by atoms with Gasteiger partial charge in [-0.3, -0.25) is 0 Å². The Kier molecular flexibility index (Phi) is 1.35. The number of carboxylic acid groups (broad SMARTS) is 1. The largest absolute Gasteiger partial charge is 0.478 e. The summed E-state index contributed by atoms with van der Waals surface area (Å²) in [6.07, 6.45) is 0. The molecule has 0 aliphatic carbocycles. The predicted molar refractivity (Wildman–Crippen MR) is 33.5 cm³/mol. The molecule has 0 atom stereocenters. The highest BCUT2D eigenvalue weighted by Gasteiger charge is 2.08. The van der Waals surface area contributed by atoms with Crippen LogP contribution in [0, 0.1) is 0 Å². The fourth-order valence-corrected chi connectivity index (χ4v) is 0.997. The highest BCUT2D eigenvalue weighted by Crippen LogP contribution is 2.10. The van der Waals surface area contributed by atoms with Gasteiger partial charge in [0.05, 0.1) is 0 Å². The number of aromatic nitrogens is 1. The van der Waals surface area contributed by atoms with Crippen molar-refractivity contribution in [1.29, 1.82) is 0 Å². The van der Waals surface area contributed by atoms with Crippen LogP contribution in [0.1, 0.15) is 10.4 Å². The van der Waals surface area contributed by atoms with E-state index in [1.165, 1.54) is 5.38 Å². The molecule has 0 radical (unpaired) electrons. The molecule has 0 amide bonds. The minimum Gasteiger partial charge on any atom is -0.478 e. The molecule has 1 heterocycles.